The third-order valence-corrected chi connectivity index (χ3v) is 3.56. The van der Waals surface area contributed by atoms with E-state index in [1.54, 1.807) is 6.07 Å². The number of aromatic nitrogens is 3. The Hall–Kier alpha value is -1.11. The van der Waals surface area contributed by atoms with Gasteiger partial charge >= 0.3 is 0 Å². The van der Waals surface area contributed by atoms with E-state index in [9.17, 15) is 4.79 Å². The van der Waals surface area contributed by atoms with Gasteiger partial charge in [0.2, 0.25) is 0 Å². The molecule has 2 rings (SSSR count). The van der Waals surface area contributed by atoms with Gasteiger partial charge in [0.15, 0.2) is 10.3 Å². The Morgan fingerprint density at radius 2 is 2.05 bits per heavy atom. The SMILES string of the molecule is CCCn1cc(Br)cc1C(=O)Nc1c(Cl)ncnc1Cl. The van der Waals surface area contributed by atoms with Crippen LogP contribution in [0.5, 0.6) is 0 Å². The molecule has 0 saturated heterocycles. The number of rotatable bonds is 4. The summed E-state index contributed by atoms with van der Waals surface area (Å²) in [5, 5.41) is 2.84. The molecular weight excluding hydrogens is 367 g/mol. The molecule has 0 aliphatic rings. The number of amides is 1. The van der Waals surface area contributed by atoms with Crippen LogP contribution in [0.3, 0.4) is 0 Å². The number of aryl methyl sites for hydroxylation is 1. The molecule has 0 atom stereocenters. The van der Waals surface area contributed by atoms with Crippen molar-refractivity contribution in [3.8, 4) is 0 Å². The van der Waals surface area contributed by atoms with Crippen LogP contribution in [0.4, 0.5) is 5.69 Å². The quantitative estimate of drug-likeness (QED) is 0.819. The third kappa shape index (κ3) is 3.31. The Balaban J connectivity index is 2.28. The van der Waals surface area contributed by atoms with E-state index < -0.39 is 0 Å². The van der Waals surface area contributed by atoms with E-state index in [0.717, 1.165) is 17.4 Å². The molecular formula is C12H11BrCl2N4O. The Labute approximate surface area is 134 Å². The molecule has 0 aliphatic heterocycles. The second-order valence-corrected chi connectivity index (χ2v) is 5.65. The molecule has 106 valence electrons. The standard InChI is InChI=1S/C12H11BrCl2N4O/c1-2-3-19-5-7(13)4-8(19)12(20)18-9-10(14)16-6-17-11(9)15/h4-6H,2-3H2,1H3,(H,18,20). The van der Waals surface area contributed by atoms with Crippen molar-refractivity contribution in [1.29, 1.82) is 0 Å². The predicted octanol–water partition coefficient (Wildman–Crippen LogP) is 4.01. The van der Waals surface area contributed by atoms with Gasteiger partial charge < -0.3 is 9.88 Å². The van der Waals surface area contributed by atoms with Gasteiger partial charge in [-0.1, -0.05) is 30.1 Å². The summed E-state index contributed by atoms with van der Waals surface area (Å²) in [5.41, 5.74) is 0.718. The zero-order valence-electron chi connectivity index (χ0n) is 10.5. The van der Waals surface area contributed by atoms with Crippen LogP contribution in [0.2, 0.25) is 10.3 Å². The lowest BCUT2D eigenvalue weighted by molar-refractivity contribution is 0.101. The molecule has 0 bridgehead atoms. The molecule has 0 spiro atoms. The number of carbonyl (C=O) groups excluding carboxylic acids is 1. The lowest BCUT2D eigenvalue weighted by atomic mass is 10.3. The summed E-state index contributed by atoms with van der Waals surface area (Å²) >= 11 is 15.2. The van der Waals surface area contributed by atoms with Crippen LogP contribution in [0.25, 0.3) is 0 Å². The first-order valence-corrected chi connectivity index (χ1v) is 7.40. The van der Waals surface area contributed by atoms with E-state index in [-0.39, 0.29) is 21.9 Å². The lowest BCUT2D eigenvalue weighted by Gasteiger charge is -2.10. The molecule has 2 aromatic rings. The van der Waals surface area contributed by atoms with E-state index in [0.29, 0.717) is 5.69 Å². The van der Waals surface area contributed by atoms with Gasteiger partial charge in [-0.2, -0.15) is 0 Å². The van der Waals surface area contributed by atoms with Gasteiger partial charge in [-0.05, 0) is 28.4 Å². The number of halogens is 3. The van der Waals surface area contributed by atoms with Crippen LogP contribution >= 0.6 is 39.1 Å². The van der Waals surface area contributed by atoms with Crippen molar-refractivity contribution in [2.24, 2.45) is 0 Å². The molecule has 0 aromatic carbocycles. The summed E-state index contributed by atoms with van der Waals surface area (Å²) in [6.45, 7) is 2.77. The smallest absolute Gasteiger partial charge is 0.272 e. The van der Waals surface area contributed by atoms with Gasteiger partial charge in [0, 0.05) is 17.2 Å². The largest absolute Gasteiger partial charge is 0.342 e. The van der Waals surface area contributed by atoms with Gasteiger partial charge in [-0.3, -0.25) is 4.79 Å². The molecule has 2 aromatic heterocycles. The molecule has 0 saturated carbocycles. The second-order valence-electron chi connectivity index (χ2n) is 4.02. The molecule has 5 nitrogen and oxygen atoms in total. The highest BCUT2D eigenvalue weighted by Crippen LogP contribution is 2.26. The molecule has 8 heteroatoms. The van der Waals surface area contributed by atoms with Crippen molar-refractivity contribution in [1.82, 2.24) is 14.5 Å². The molecule has 20 heavy (non-hydrogen) atoms. The maximum absolute atomic E-state index is 12.3. The van der Waals surface area contributed by atoms with E-state index in [2.05, 4.69) is 31.2 Å². The minimum absolute atomic E-state index is 0.103. The zero-order chi connectivity index (χ0) is 14.7. The molecule has 0 radical (unpaired) electrons. The Morgan fingerprint density at radius 3 is 2.65 bits per heavy atom. The highest BCUT2D eigenvalue weighted by molar-refractivity contribution is 9.10. The van der Waals surface area contributed by atoms with Crippen LogP contribution in [0, 0.1) is 0 Å². The Kier molecular flexibility index (Phi) is 5.01. The molecule has 2 heterocycles. The van der Waals surface area contributed by atoms with Crippen molar-refractivity contribution >= 4 is 50.7 Å². The number of nitrogens with zero attached hydrogens (tertiary/aromatic N) is 3. The molecule has 0 aliphatic carbocycles. The summed E-state index contributed by atoms with van der Waals surface area (Å²) in [4.78, 5) is 19.9. The minimum atomic E-state index is -0.317. The summed E-state index contributed by atoms with van der Waals surface area (Å²) in [5.74, 6) is -0.317. The summed E-state index contributed by atoms with van der Waals surface area (Å²) in [7, 11) is 0. The minimum Gasteiger partial charge on any atom is -0.342 e. The number of anilines is 1. The average molecular weight is 378 g/mol. The Morgan fingerprint density at radius 1 is 1.40 bits per heavy atom. The van der Waals surface area contributed by atoms with Gasteiger partial charge in [0.25, 0.3) is 5.91 Å². The third-order valence-electron chi connectivity index (χ3n) is 2.55. The summed E-state index contributed by atoms with van der Waals surface area (Å²) in [6.07, 6.45) is 4.00. The maximum Gasteiger partial charge on any atom is 0.272 e. The second kappa shape index (κ2) is 6.56. The highest BCUT2D eigenvalue weighted by atomic mass is 79.9. The molecule has 1 amide bonds. The van der Waals surface area contributed by atoms with Crippen LogP contribution in [0.15, 0.2) is 23.1 Å². The maximum atomic E-state index is 12.3. The monoisotopic (exact) mass is 376 g/mol. The fraction of sp³-hybridized carbons (Fsp3) is 0.250. The predicted molar refractivity (Wildman–Crippen MR) is 82.4 cm³/mol. The topological polar surface area (TPSA) is 59.8 Å². The van der Waals surface area contributed by atoms with Crippen LogP contribution in [0.1, 0.15) is 23.8 Å². The van der Waals surface area contributed by atoms with Gasteiger partial charge in [-0.25, -0.2) is 9.97 Å². The van der Waals surface area contributed by atoms with Crippen molar-refractivity contribution in [2.75, 3.05) is 5.32 Å². The van der Waals surface area contributed by atoms with Crippen molar-refractivity contribution in [2.45, 2.75) is 19.9 Å². The first-order valence-electron chi connectivity index (χ1n) is 5.86. The summed E-state index contributed by atoms with van der Waals surface area (Å²) < 4.78 is 2.68. The van der Waals surface area contributed by atoms with Crippen LogP contribution in [-0.4, -0.2) is 20.4 Å². The first-order chi connectivity index (χ1) is 9.52. The van der Waals surface area contributed by atoms with Crippen molar-refractivity contribution < 1.29 is 4.79 Å². The Bertz CT molecular complexity index is 624. The van der Waals surface area contributed by atoms with Crippen LogP contribution in [-0.2, 0) is 6.54 Å². The number of carbonyl (C=O) groups is 1. The fourth-order valence-electron chi connectivity index (χ4n) is 1.72. The lowest BCUT2D eigenvalue weighted by Crippen LogP contribution is -2.17. The summed E-state index contributed by atoms with van der Waals surface area (Å²) in [6, 6.07) is 1.73. The number of hydrogen-bond donors (Lipinski definition) is 1. The normalized spacial score (nSPS) is 10.6. The van der Waals surface area contributed by atoms with E-state index in [4.69, 9.17) is 23.2 Å². The number of hydrogen-bond acceptors (Lipinski definition) is 3. The highest BCUT2D eigenvalue weighted by Gasteiger charge is 2.17. The molecule has 1 N–H and O–H groups in total. The van der Waals surface area contributed by atoms with Gasteiger partial charge in [-0.15, -0.1) is 0 Å². The fourth-order valence-corrected chi connectivity index (χ4v) is 2.59. The number of nitrogens with one attached hydrogen (secondary N) is 1. The van der Waals surface area contributed by atoms with E-state index in [1.165, 1.54) is 6.33 Å². The van der Waals surface area contributed by atoms with E-state index >= 15 is 0 Å². The van der Waals surface area contributed by atoms with Gasteiger partial charge in [0.05, 0.1) is 0 Å². The zero-order valence-corrected chi connectivity index (χ0v) is 13.6. The molecule has 0 unspecified atom stereocenters. The van der Waals surface area contributed by atoms with Crippen molar-refractivity contribution in [3.63, 3.8) is 0 Å². The first kappa shape index (κ1) is 15.3. The van der Waals surface area contributed by atoms with E-state index in [1.807, 2.05) is 17.7 Å². The van der Waals surface area contributed by atoms with Crippen LogP contribution < -0.4 is 5.32 Å². The molecule has 0 fully saturated rings. The van der Waals surface area contributed by atoms with Crippen molar-refractivity contribution in [3.05, 3.63) is 39.1 Å². The van der Waals surface area contributed by atoms with Gasteiger partial charge in [0.1, 0.15) is 17.7 Å². The average Bonchev–Trinajstić information content (AvgIpc) is 2.75.